The summed E-state index contributed by atoms with van der Waals surface area (Å²) in [6.07, 6.45) is 6.59. The number of hydrogen-bond donors (Lipinski definition) is 1. The van der Waals surface area contributed by atoms with E-state index < -0.39 is 0 Å². The zero-order chi connectivity index (χ0) is 12.8. The molecule has 100 valence electrons. The Morgan fingerprint density at radius 3 is 2.44 bits per heavy atom. The van der Waals surface area contributed by atoms with Crippen LogP contribution in [0.4, 0.5) is 0 Å². The molecule has 2 N–H and O–H groups in total. The average Bonchev–Trinajstić information content (AvgIpc) is 2.93. The van der Waals surface area contributed by atoms with E-state index in [1.54, 1.807) is 0 Å². The average molecular weight is 246 g/mol. The highest BCUT2D eigenvalue weighted by Gasteiger charge is 2.26. The molecule has 18 heavy (non-hydrogen) atoms. The molecule has 0 aromatic heterocycles. The number of benzene rings is 1. The van der Waals surface area contributed by atoms with Gasteiger partial charge in [0.2, 0.25) is 0 Å². The van der Waals surface area contributed by atoms with Crippen LogP contribution < -0.4 is 5.73 Å². The van der Waals surface area contributed by atoms with Gasteiger partial charge in [-0.15, -0.1) is 0 Å². The van der Waals surface area contributed by atoms with E-state index in [1.807, 2.05) is 0 Å². The zero-order valence-corrected chi connectivity index (χ0v) is 11.5. The van der Waals surface area contributed by atoms with Gasteiger partial charge in [0.25, 0.3) is 0 Å². The summed E-state index contributed by atoms with van der Waals surface area (Å²) in [7, 11) is 0. The van der Waals surface area contributed by atoms with Crippen molar-refractivity contribution in [2.24, 2.45) is 5.73 Å². The Morgan fingerprint density at radius 1 is 1.22 bits per heavy atom. The normalized spacial score (nSPS) is 18.4. The number of nitrogens with zero attached hydrogens (tertiary/aromatic N) is 1. The van der Waals surface area contributed by atoms with Crippen LogP contribution >= 0.6 is 0 Å². The van der Waals surface area contributed by atoms with Gasteiger partial charge in [-0.2, -0.15) is 0 Å². The largest absolute Gasteiger partial charge is 0.329 e. The van der Waals surface area contributed by atoms with E-state index in [-0.39, 0.29) is 0 Å². The van der Waals surface area contributed by atoms with E-state index in [1.165, 1.54) is 31.2 Å². The second-order valence-corrected chi connectivity index (χ2v) is 5.35. The van der Waals surface area contributed by atoms with Crippen molar-refractivity contribution in [3.05, 3.63) is 35.9 Å². The van der Waals surface area contributed by atoms with Crippen molar-refractivity contribution in [3.8, 4) is 0 Å². The number of rotatable bonds is 6. The maximum absolute atomic E-state index is 6.02. The lowest BCUT2D eigenvalue weighted by Crippen LogP contribution is -2.47. The Balaban J connectivity index is 2.01. The monoisotopic (exact) mass is 246 g/mol. The lowest BCUT2D eigenvalue weighted by molar-refractivity contribution is 0.146. The fraction of sp³-hybridized carbons (Fsp3) is 0.625. The summed E-state index contributed by atoms with van der Waals surface area (Å²) < 4.78 is 0. The van der Waals surface area contributed by atoms with Crippen LogP contribution in [0.2, 0.25) is 0 Å². The molecule has 1 fully saturated rings. The van der Waals surface area contributed by atoms with Crippen molar-refractivity contribution in [2.45, 2.75) is 51.1 Å². The molecule has 1 saturated carbocycles. The first-order valence-electron chi connectivity index (χ1n) is 7.35. The molecule has 0 heterocycles. The van der Waals surface area contributed by atoms with E-state index in [2.05, 4.69) is 42.2 Å². The number of likely N-dealkylation sites (N-methyl/N-ethyl adjacent to an activating group) is 1. The van der Waals surface area contributed by atoms with Gasteiger partial charge in [0.15, 0.2) is 0 Å². The molecule has 0 saturated heterocycles. The zero-order valence-electron chi connectivity index (χ0n) is 11.5. The molecule has 2 nitrogen and oxygen atoms in total. The van der Waals surface area contributed by atoms with E-state index in [9.17, 15) is 0 Å². The van der Waals surface area contributed by atoms with Crippen LogP contribution in [0.15, 0.2) is 30.3 Å². The summed E-state index contributed by atoms with van der Waals surface area (Å²) in [6, 6.07) is 12.0. The predicted molar refractivity (Wildman–Crippen MR) is 77.6 cm³/mol. The minimum Gasteiger partial charge on any atom is -0.329 e. The lowest BCUT2D eigenvalue weighted by atomic mass is 10.0. The second-order valence-electron chi connectivity index (χ2n) is 5.35. The van der Waals surface area contributed by atoms with Crippen LogP contribution in [0.5, 0.6) is 0 Å². The molecule has 2 rings (SSSR count). The Kier molecular flexibility index (Phi) is 5.21. The number of hydrogen-bond acceptors (Lipinski definition) is 2. The first kappa shape index (κ1) is 13.6. The summed E-state index contributed by atoms with van der Waals surface area (Å²) in [5.41, 5.74) is 7.43. The highest BCUT2D eigenvalue weighted by atomic mass is 15.2. The van der Waals surface area contributed by atoms with Gasteiger partial charge < -0.3 is 5.73 Å². The molecule has 0 aliphatic heterocycles. The van der Waals surface area contributed by atoms with Gasteiger partial charge in [0, 0.05) is 18.6 Å². The summed E-state index contributed by atoms with van der Waals surface area (Å²) in [5.74, 6) is 0. The molecule has 0 bridgehead atoms. The molecule has 1 aromatic rings. The van der Waals surface area contributed by atoms with Gasteiger partial charge in [0.1, 0.15) is 0 Å². The molecule has 0 spiro atoms. The molecular formula is C16H26N2. The first-order valence-corrected chi connectivity index (χ1v) is 7.35. The third-order valence-corrected chi connectivity index (χ3v) is 4.21. The molecule has 0 amide bonds. The van der Waals surface area contributed by atoms with Crippen LogP contribution in [-0.4, -0.2) is 30.1 Å². The molecule has 1 aliphatic carbocycles. The Bertz CT molecular complexity index is 330. The molecule has 2 heteroatoms. The highest BCUT2D eigenvalue weighted by molar-refractivity contribution is 5.16. The SMILES string of the molecule is CCN(C1CCCC1)C(CN)Cc1ccccc1. The van der Waals surface area contributed by atoms with Crippen LogP contribution in [-0.2, 0) is 6.42 Å². The summed E-state index contributed by atoms with van der Waals surface area (Å²) in [4.78, 5) is 2.64. The van der Waals surface area contributed by atoms with Crippen molar-refractivity contribution in [3.63, 3.8) is 0 Å². The van der Waals surface area contributed by atoms with Crippen LogP contribution in [0.25, 0.3) is 0 Å². The molecular weight excluding hydrogens is 220 g/mol. The summed E-state index contributed by atoms with van der Waals surface area (Å²) in [6.45, 7) is 4.16. The van der Waals surface area contributed by atoms with Crippen LogP contribution in [0.1, 0.15) is 38.2 Å². The lowest BCUT2D eigenvalue weighted by Gasteiger charge is -2.35. The molecule has 0 radical (unpaired) electrons. The van der Waals surface area contributed by atoms with Crippen LogP contribution in [0.3, 0.4) is 0 Å². The Labute approximate surface area is 111 Å². The second kappa shape index (κ2) is 6.91. The molecule has 1 aromatic carbocycles. The third-order valence-electron chi connectivity index (χ3n) is 4.21. The van der Waals surface area contributed by atoms with E-state index in [0.717, 1.165) is 25.6 Å². The van der Waals surface area contributed by atoms with Gasteiger partial charge >= 0.3 is 0 Å². The van der Waals surface area contributed by atoms with Crippen molar-refractivity contribution in [2.75, 3.05) is 13.1 Å². The Hall–Kier alpha value is -0.860. The molecule has 1 unspecified atom stereocenters. The smallest absolute Gasteiger partial charge is 0.0261 e. The molecule has 1 atom stereocenters. The minimum absolute atomic E-state index is 0.500. The highest BCUT2D eigenvalue weighted by Crippen LogP contribution is 2.25. The van der Waals surface area contributed by atoms with Gasteiger partial charge in [-0.25, -0.2) is 0 Å². The Morgan fingerprint density at radius 2 is 1.89 bits per heavy atom. The van der Waals surface area contributed by atoms with Crippen molar-refractivity contribution in [1.82, 2.24) is 4.90 Å². The van der Waals surface area contributed by atoms with Crippen molar-refractivity contribution < 1.29 is 0 Å². The first-order chi connectivity index (χ1) is 8.85. The van der Waals surface area contributed by atoms with Crippen LogP contribution in [0, 0.1) is 0 Å². The minimum atomic E-state index is 0.500. The summed E-state index contributed by atoms with van der Waals surface area (Å²) in [5, 5.41) is 0. The maximum Gasteiger partial charge on any atom is 0.0261 e. The molecule has 1 aliphatic rings. The fourth-order valence-electron chi connectivity index (χ4n) is 3.27. The number of nitrogens with two attached hydrogens (primary N) is 1. The van der Waals surface area contributed by atoms with E-state index in [4.69, 9.17) is 5.73 Å². The van der Waals surface area contributed by atoms with E-state index >= 15 is 0 Å². The quantitative estimate of drug-likeness (QED) is 0.836. The standard InChI is InChI=1S/C16H26N2/c1-2-18(15-10-6-7-11-15)16(13-17)12-14-8-4-3-5-9-14/h3-5,8-9,15-16H,2,6-7,10-13,17H2,1H3. The van der Waals surface area contributed by atoms with Gasteiger partial charge in [0.05, 0.1) is 0 Å². The third kappa shape index (κ3) is 3.33. The fourth-order valence-corrected chi connectivity index (χ4v) is 3.27. The van der Waals surface area contributed by atoms with Gasteiger partial charge in [-0.1, -0.05) is 50.1 Å². The van der Waals surface area contributed by atoms with Crippen molar-refractivity contribution >= 4 is 0 Å². The van der Waals surface area contributed by atoms with E-state index in [0.29, 0.717) is 6.04 Å². The van der Waals surface area contributed by atoms with Gasteiger partial charge in [-0.3, -0.25) is 4.90 Å². The predicted octanol–water partition coefficient (Wildman–Crippen LogP) is 2.82. The van der Waals surface area contributed by atoms with Gasteiger partial charge in [-0.05, 0) is 31.4 Å². The maximum atomic E-state index is 6.02. The summed E-state index contributed by atoms with van der Waals surface area (Å²) >= 11 is 0. The topological polar surface area (TPSA) is 29.3 Å². The van der Waals surface area contributed by atoms with Crippen molar-refractivity contribution in [1.29, 1.82) is 0 Å².